The van der Waals surface area contributed by atoms with Gasteiger partial charge in [0.15, 0.2) is 0 Å². The molecule has 1 aromatic heterocycles. The molecule has 0 fully saturated rings. The number of H-pyrrole nitrogens is 1. The van der Waals surface area contributed by atoms with Gasteiger partial charge >= 0.3 is 6.09 Å². The molecular weight excluding hydrogens is 208 g/mol. The maximum Gasteiger partial charge on any atom is 0.407 e. The van der Waals surface area contributed by atoms with Crippen LogP contribution >= 0.6 is 0 Å². The summed E-state index contributed by atoms with van der Waals surface area (Å²) in [6.07, 6.45) is 4.46. The first kappa shape index (κ1) is 12.2. The average molecular weight is 224 g/mol. The number of nitrogens with one attached hydrogen (secondary N) is 2. The van der Waals surface area contributed by atoms with Crippen molar-refractivity contribution in [1.82, 2.24) is 20.5 Å². The fraction of sp³-hybridized carbons (Fsp3) is 0.500. The Morgan fingerprint density at radius 2 is 2.38 bits per heavy atom. The summed E-state index contributed by atoms with van der Waals surface area (Å²) in [6, 6.07) is 0. The van der Waals surface area contributed by atoms with E-state index < -0.39 is 11.7 Å². The molecule has 0 radical (unpaired) electrons. The Labute approximate surface area is 94.1 Å². The molecule has 0 unspecified atom stereocenters. The van der Waals surface area contributed by atoms with E-state index in [1.165, 1.54) is 6.33 Å². The Bertz CT molecular complexity index is 351. The number of ether oxygens (including phenoxy) is 1. The summed E-state index contributed by atoms with van der Waals surface area (Å²) in [6.45, 7) is 5.83. The highest BCUT2D eigenvalue weighted by Gasteiger charge is 2.14. The lowest BCUT2D eigenvalue weighted by molar-refractivity contribution is 0.0534. The highest BCUT2D eigenvalue weighted by Crippen LogP contribution is 2.06. The van der Waals surface area contributed by atoms with Crippen LogP contribution in [-0.2, 0) is 4.74 Å². The molecule has 0 bridgehead atoms. The summed E-state index contributed by atoms with van der Waals surface area (Å²) in [4.78, 5) is 15.1. The first-order valence-electron chi connectivity index (χ1n) is 4.96. The molecule has 0 atom stereocenters. The molecule has 0 spiro atoms. The van der Waals surface area contributed by atoms with Gasteiger partial charge in [0.1, 0.15) is 17.8 Å². The van der Waals surface area contributed by atoms with Crippen molar-refractivity contribution in [2.45, 2.75) is 26.4 Å². The zero-order valence-electron chi connectivity index (χ0n) is 9.65. The van der Waals surface area contributed by atoms with Gasteiger partial charge < -0.3 is 10.1 Å². The van der Waals surface area contributed by atoms with Gasteiger partial charge in [-0.25, -0.2) is 9.78 Å². The number of rotatable bonds is 3. The lowest BCUT2D eigenvalue weighted by atomic mass is 10.2. The number of amides is 1. The molecule has 1 amide bonds. The second kappa shape index (κ2) is 5.29. The third-order valence-electron chi connectivity index (χ3n) is 1.47. The second-order valence-corrected chi connectivity index (χ2v) is 4.16. The molecule has 0 saturated carbocycles. The molecule has 16 heavy (non-hydrogen) atoms. The fourth-order valence-electron chi connectivity index (χ4n) is 0.922. The molecule has 1 rings (SSSR count). The van der Waals surface area contributed by atoms with Crippen LogP contribution in [0.5, 0.6) is 0 Å². The SMILES string of the molecule is CC(C)(C)OC(=O)NCC=Cc1ncn[nH]1. The van der Waals surface area contributed by atoms with Gasteiger partial charge in [-0.05, 0) is 26.8 Å². The maximum absolute atomic E-state index is 11.2. The number of hydrogen-bond acceptors (Lipinski definition) is 4. The van der Waals surface area contributed by atoms with Crippen molar-refractivity contribution in [2.75, 3.05) is 6.54 Å². The molecule has 6 nitrogen and oxygen atoms in total. The van der Waals surface area contributed by atoms with Gasteiger partial charge in [-0.3, -0.25) is 5.10 Å². The Hall–Kier alpha value is -1.85. The van der Waals surface area contributed by atoms with Crippen molar-refractivity contribution >= 4 is 12.2 Å². The quantitative estimate of drug-likeness (QED) is 0.812. The van der Waals surface area contributed by atoms with Crippen LogP contribution in [0.1, 0.15) is 26.6 Å². The van der Waals surface area contributed by atoms with E-state index >= 15 is 0 Å². The smallest absolute Gasteiger partial charge is 0.407 e. The van der Waals surface area contributed by atoms with Crippen molar-refractivity contribution in [3.63, 3.8) is 0 Å². The molecule has 0 aliphatic heterocycles. The summed E-state index contributed by atoms with van der Waals surface area (Å²) in [5.41, 5.74) is -0.473. The standard InChI is InChI=1S/C10H16N4O2/c1-10(2,3)16-9(15)11-6-4-5-8-12-7-13-14-8/h4-5,7H,6H2,1-3H3,(H,11,15)(H,12,13,14). The summed E-state index contributed by atoms with van der Waals surface area (Å²) in [7, 11) is 0. The van der Waals surface area contributed by atoms with Crippen LogP contribution in [0.2, 0.25) is 0 Å². The normalized spacial score (nSPS) is 11.7. The molecule has 1 heterocycles. The zero-order valence-corrected chi connectivity index (χ0v) is 9.65. The van der Waals surface area contributed by atoms with E-state index in [2.05, 4.69) is 20.5 Å². The van der Waals surface area contributed by atoms with Crippen molar-refractivity contribution in [3.05, 3.63) is 18.2 Å². The van der Waals surface area contributed by atoms with Gasteiger partial charge in [0.2, 0.25) is 0 Å². The highest BCUT2D eigenvalue weighted by atomic mass is 16.6. The summed E-state index contributed by atoms with van der Waals surface area (Å²) < 4.78 is 5.06. The highest BCUT2D eigenvalue weighted by molar-refractivity contribution is 5.68. The molecule has 2 N–H and O–H groups in total. The maximum atomic E-state index is 11.2. The predicted molar refractivity (Wildman–Crippen MR) is 59.7 cm³/mol. The molecule has 0 aliphatic rings. The van der Waals surface area contributed by atoms with Crippen LogP contribution in [0.4, 0.5) is 4.79 Å². The molecule has 0 aliphatic carbocycles. The van der Waals surface area contributed by atoms with Crippen LogP contribution < -0.4 is 5.32 Å². The molecule has 1 aromatic rings. The third kappa shape index (κ3) is 5.14. The van der Waals surface area contributed by atoms with Gasteiger partial charge in [-0.15, -0.1) is 0 Å². The van der Waals surface area contributed by atoms with Crippen LogP contribution in [-0.4, -0.2) is 33.4 Å². The molecule has 0 aromatic carbocycles. The van der Waals surface area contributed by atoms with E-state index in [0.29, 0.717) is 12.4 Å². The summed E-state index contributed by atoms with van der Waals surface area (Å²) >= 11 is 0. The average Bonchev–Trinajstić information content (AvgIpc) is 2.62. The summed E-state index contributed by atoms with van der Waals surface area (Å²) in [5.74, 6) is 0.644. The van der Waals surface area contributed by atoms with Gasteiger partial charge in [0.25, 0.3) is 0 Å². The fourth-order valence-corrected chi connectivity index (χ4v) is 0.922. The number of aromatic amines is 1. The van der Waals surface area contributed by atoms with Gasteiger partial charge in [-0.1, -0.05) is 6.08 Å². The van der Waals surface area contributed by atoms with E-state index in [0.717, 1.165) is 0 Å². The molecule has 6 heteroatoms. The molecular formula is C10H16N4O2. The van der Waals surface area contributed by atoms with E-state index in [1.807, 2.05) is 20.8 Å². The zero-order chi connectivity index (χ0) is 12.0. The minimum Gasteiger partial charge on any atom is -0.444 e. The first-order chi connectivity index (χ1) is 7.47. The van der Waals surface area contributed by atoms with Gasteiger partial charge in [0, 0.05) is 6.54 Å². The Morgan fingerprint density at radius 3 is 2.94 bits per heavy atom. The van der Waals surface area contributed by atoms with Gasteiger partial charge in [0.05, 0.1) is 0 Å². The monoisotopic (exact) mass is 224 g/mol. The molecule has 0 saturated heterocycles. The van der Waals surface area contributed by atoms with Crippen LogP contribution in [0.3, 0.4) is 0 Å². The third-order valence-corrected chi connectivity index (χ3v) is 1.47. The van der Waals surface area contributed by atoms with E-state index in [-0.39, 0.29) is 0 Å². The lowest BCUT2D eigenvalue weighted by Crippen LogP contribution is -2.32. The van der Waals surface area contributed by atoms with Crippen molar-refractivity contribution in [3.8, 4) is 0 Å². The van der Waals surface area contributed by atoms with Crippen LogP contribution in [0.15, 0.2) is 12.4 Å². The van der Waals surface area contributed by atoms with E-state index in [1.54, 1.807) is 12.2 Å². The largest absolute Gasteiger partial charge is 0.444 e. The van der Waals surface area contributed by atoms with E-state index in [4.69, 9.17) is 4.74 Å². The topological polar surface area (TPSA) is 79.9 Å². The van der Waals surface area contributed by atoms with E-state index in [9.17, 15) is 4.79 Å². The minimum absolute atomic E-state index is 0.385. The van der Waals surface area contributed by atoms with Crippen molar-refractivity contribution in [2.24, 2.45) is 0 Å². The number of aromatic nitrogens is 3. The van der Waals surface area contributed by atoms with Crippen LogP contribution in [0.25, 0.3) is 6.08 Å². The second-order valence-electron chi connectivity index (χ2n) is 4.16. The first-order valence-corrected chi connectivity index (χ1v) is 4.96. The molecule has 88 valence electrons. The number of hydrogen-bond donors (Lipinski definition) is 2. The Balaban J connectivity index is 2.23. The number of carbonyl (C=O) groups excluding carboxylic acids is 1. The lowest BCUT2D eigenvalue weighted by Gasteiger charge is -2.19. The van der Waals surface area contributed by atoms with Gasteiger partial charge in [-0.2, -0.15) is 5.10 Å². The number of carbonyl (C=O) groups is 1. The van der Waals surface area contributed by atoms with Crippen molar-refractivity contribution in [1.29, 1.82) is 0 Å². The minimum atomic E-state index is -0.473. The number of nitrogens with zero attached hydrogens (tertiary/aromatic N) is 2. The van der Waals surface area contributed by atoms with Crippen LogP contribution in [0, 0.1) is 0 Å². The Kier molecular flexibility index (Phi) is 4.04. The predicted octanol–water partition coefficient (Wildman–Crippen LogP) is 1.34. The Morgan fingerprint density at radius 1 is 1.62 bits per heavy atom. The summed E-state index contributed by atoms with van der Waals surface area (Å²) in [5, 5.41) is 8.95. The number of alkyl carbamates (subject to hydrolysis) is 1. The van der Waals surface area contributed by atoms with Crippen molar-refractivity contribution < 1.29 is 9.53 Å².